The van der Waals surface area contributed by atoms with E-state index >= 15 is 0 Å². The molecule has 104 valence electrons. The molecule has 19 heavy (non-hydrogen) atoms. The first-order valence-corrected chi connectivity index (χ1v) is 7.06. The Morgan fingerprint density at radius 2 is 2.37 bits per heavy atom. The van der Waals surface area contributed by atoms with Crippen LogP contribution in [0.1, 0.15) is 43.0 Å². The van der Waals surface area contributed by atoms with E-state index in [1.165, 1.54) is 37.9 Å². The Morgan fingerprint density at radius 1 is 1.58 bits per heavy atom. The normalized spacial score (nSPS) is 23.1. The van der Waals surface area contributed by atoms with Crippen molar-refractivity contribution in [2.24, 2.45) is 11.8 Å². The Balaban J connectivity index is 1.94. The zero-order valence-electron chi connectivity index (χ0n) is 11.0. The highest BCUT2D eigenvalue weighted by molar-refractivity contribution is 6.33. The third-order valence-electron chi connectivity index (χ3n) is 3.69. The monoisotopic (exact) mass is 282 g/mol. The number of hydrogen-bond donors (Lipinski definition) is 2. The third-order valence-corrected chi connectivity index (χ3v) is 3.98. The standard InChI is InChI=1S/C14H19ClN2O2/c1-9-3-2-4-10(5-9)7-16-13-12(15)6-11(8-17-13)14(18)19/h6,8-10H,2-5,7H2,1H3,(H,16,17)(H,18,19). The van der Waals surface area contributed by atoms with E-state index in [9.17, 15) is 4.79 Å². The van der Waals surface area contributed by atoms with Gasteiger partial charge in [0.2, 0.25) is 0 Å². The maximum absolute atomic E-state index is 10.8. The summed E-state index contributed by atoms with van der Waals surface area (Å²) in [6.45, 7) is 3.14. The van der Waals surface area contributed by atoms with Crippen molar-refractivity contribution >= 4 is 23.4 Å². The van der Waals surface area contributed by atoms with Crippen LogP contribution >= 0.6 is 11.6 Å². The van der Waals surface area contributed by atoms with Gasteiger partial charge >= 0.3 is 5.97 Å². The molecule has 0 saturated heterocycles. The first kappa shape index (κ1) is 14.1. The fourth-order valence-electron chi connectivity index (χ4n) is 2.67. The molecule has 0 bridgehead atoms. The zero-order chi connectivity index (χ0) is 13.8. The lowest BCUT2D eigenvalue weighted by atomic mass is 9.82. The van der Waals surface area contributed by atoms with Crippen LogP contribution in [-0.2, 0) is 0 Å². The van der Waals surface area contributed by atoms with E-state index in [1.54, 1.807) is 0 Å². The number of carbonyl (C=O) groups is 1. The van der Waals surface area contributed by atoms with Crippen LogP contribution in [0.3, 0.4) is 0 Å². The van der Waals surface area contributed by atoms with E-state index < -0.39 is 5.97 Å². The Morgan fingerprint density at radius 3 is 3.00 bits per heavy atom. The van der Waals surface area contributed by atoms with Crippen LogP contribution in [0.25, 0.3) is 0 Å². The Labute approximate surface area is 118 Å². The molecule has 1 aromatic heterocycles. The number of carboxylic acid groups (broad SMARTS) is 1. The molecule has 0 aliphatic heterocycles. The first-order valence-electron chi connectivity index (χ1n) is 6.69. The summed E-state index contributed by atoms with van der Waals surface area (Å²) in [4.78, 5) is 14.9. The maximum atomic E-state index is 10.8. The number of carboxylic acids is 1. The quantitative estimate of drug-likeness (QED) is 0.884. The van der Waals surface area contributed by atoms with Gasteiger partial charge in [-0.15, -0.1) is 0 Å². The van der Waals surface area contributed by atoms with Crippen molar-refractivity contribution < 1.29 is 9.90 Å². The molecule has 0 radical (unpaired) electrons. The molecule has 1 heterocycles. The second-order valence-electron chi connectivity index (χ2n) is 5.38. The molecule has 2 atom stereocenters. The molecule has 5 heteroatoms. The Hall–Kier alpha value is -1.29. The van der Waals surface area contributed by atoms with Crippen LogP contribution in [0.2, 0.25) is 5.02 Å². The van der Waals surface area contributed by atoms with E-state index in [1.807, 2.05) is 0 Å². The van der Waals surface area contributed by atoms with Crippen LogP contribution in [0.15, 0.2) is 12.3 Å². The summed E-state index contributed by atoms with van der Waals surface area (Å²) >= 11 is 6.03. The molecular formula is C14H19ClN2O2. The predicted octanol–water partition coefficient (Wildman–Crippen LogP) is 3.67. The van der Waals surface area contributed by atoms with Crippen molar-refractivity contribution in [3.63, 3.8) is 0 Å². The summed E-state index contributed by atoms with van der Waals surface area (Å²) in [5.41, 5.74) is 0.113. The number of halogens is 1. The predicted molar refractivity (Wildman–Crippen MR) is 75.8 cm³/mol. The fourth-order valence-corrected chi connectivity index (χ4v) is 2.90. The molecule has 4 nitrogen and oxygen atoms in total. The van der Waals surface area contributed by atoms with Crippen LogP contribution in [-0.4, -0.2) is 22.6 Å². The van der Waals surface area contributed by atoms with E-state index in [0.29, 0.717) is 16.8 Å². The molecule has 1 aromatic rings. The van der Waals surface area contributed by atoms with Gasteiger partial charge in [0.05, 0.1) is 10.6 Å². The lowest BCUT2D eigenvalue weighted by Gasteiger charge is -2.27. The molecule has 1 aliphatic rings. The van der Waals surface area contributed by atoms with Crippen LogP contribution in [0.5, 0.6) is 0 Å². The summed E-state index contributed by atoms with van der Waals surface area (Å²) in [6, 6.07) is 1.43. The minimum atomic E-state index is -1.01. The van der Waals surface area contributed by atoms with Crippen molar-refractivity contribution in [3.8, 4) is 0 Å². The van der Waals surface area contributed by atoms with Gasteiger partial charge in [0.25, 0.3) is 0 Å². The van der Waals surface area contributed by atoms with E-state index in [-0.39, 0.29) is 5.56 Å². The Bertz CT molecular complexity index is 465. The summed E-state index contributed by atoms with van der Waals surface area (Å²) in [5, 5.41) is 12.4. The molecule has 1 aliphatic carbocycles. The third kappa shape index (κ3) is 3.83. The smallest absolute Gasteiger partial charge is 0.337 e. The summed E-state index contributed by atoms with van der Waals surface area (Å²) in [7, 11) is 0. The lowest BCUT2D eigenvalue weighted by Crippen LogP contribution is -2.21. The molecule has 0 spiro atoms. The molecule has 0 amide bonds. The highest BCUT2D eigenvalue weighted by Crippen LogP contribution is 2.29. The highest BCUT2D eigenvalue weighted by Gasteiger charge is 2.19. The van der Waals surface area contributed by atoms with Gasteiger partial charge < -0.3 is 10.4 Å². The number of anilines is 1. The average Bonchev–Trinajstić information content (AvgIpc) is 2.37. The number of rotatable bonds is 4. The van der Waals surface area contributed by atoms with Crippen molar-refractivity contribution in [2.75, 3.05) is 11.9 Å². The number of nitrogens with zero attached hydrogens (tertiary/aromatic N) is 1. The van der Waals surface area contributed by atoms with Gasteiger partial charge in [-0.3, -0.25) is 0 Å². The van der Waals surface area contributed by atoms with Gasteiger partial charge in [-0.25, -0.2) is 9.78 Å². The summed E-state index contributed by atoms with van der Waals surface area (Å²) in [5.74, 6) is 1.01. The minimum absolute atomic E-state index is 0.113. The van der Waals surface area contributed by atoms with Crippen LogP contribution < -0.4 is 5.32 Å². The van der Waals surface area contributed by atoms with Crippen molar-refractivity contribution in [1.29, 1.82) is 0 Å². The fraction of sp³-hybridized carbons (Fsp3) is 0.571. The molecule has 2 N–H and O–H groups in total. The number of aromatic carboxylic acids is 1. The van der Waals surface area contributed by atoms with E-state index in [0.717, 1.165) is 12.5 Å². The zero-order valence-corrected chi connectivity index (χ0v) is 11.8. The first-order chi connectivity index (χ1) is 9.06. The lowest BCUT2D eigenvalue weighted by molar-refractivity contribution is 0.0696. The van der Waals surface area contributed by atoms with Gasteiger partial charge in [-0.05, 0) is 30.7 Å². The largest absolute Gasteiger partial charge is 0.478 e. The topological polar surface area (TPSA) is 62.2 Å². The van der Waals surface area contributed by atoms with Crippen LogP contribution in [0.4, 0.5) is 5.82 Å². The summed E-state index contributed by atoms with van der Waals surface area (Å²) < 4.78 is 0. The van der Waals surface area contributed by atoms with E-state index in [2.05, 4.69) is 17.2 Å². The van der Waals surface area contributed by atoms with Crippen molar-refractivity contribution in [2.45, 2.75) is 32.6 Å². The molecule has 1 saturated carbocycles. The highest BCUT2D eigenvalue weighted by atomic mass is 35.5. The molecule has 2 rings (SSSR count). The second-order valence-corrected chi connectivity index (χ2v) is 5.79. The van der Waals surface area contributed by atoms with Crippen molar-refractivity contribution in [3.05, 3.63) is 22.8 Å². The van der Waals surface area contributed by atoms with Gasteiger partial charge in [-0.1, -0.05) is 31.4 Å². The molecule has 0 aromatic carbocycles. The Kier molecular flexibility index (Phi) is 4.64. The number of hydrogen-bond acceptors (Lipinski definition) is 3. The SMILES string of the molecule is CC1CCCC(CNc2ncc(C(=O)O)cc2Cl)C1. The van der Waals surface area contributed by atoms with E-state index in [4.69, 9.17) is 16.7 Å². The molecule has 1 fully saturated rings. The van der Waals surface area contributed by atoms with Crippen molar-refractivity contribution in [1.82, 2.24) is 4.98 Å². The van der Waals surface area contributed by atoms with Gasteiger partial charge in [-0.2, -0.15) is 0 Å². The summed E-state index contributed by atoms with van der Waals surface area (Å²) in [6.07, 6.45) is 6.41. The minimum Gasteiger partial charge on any atom is -0.478 e. The number of nitrogens with one attached hydrogen (secondary N) is 1. The van der Waals surface area contributed by atoms with Gasteiger partial charge in [0, 0.05) is 12.7 Å². The van der Waals surface area contributed by atoms with Gasteiger partial charge in [0.15, 0.2) is 0 Å². The number of aromatic nitrogens is 1. The molecular weight excluding hydrogens is 264 g/mol. The number of pyridine rings is 1. The van der Waals surface area contributed by atoms with Gasteiger partial charge in [0.1, 0.15) is 5.82 Å². The maximum Gasteiger partial charge on any atom is 0.337 e. The average molecular weight is 283 g/mol. The molecule has 2 unspecified atom stereocenters. The second kappa shape index (κ2) is 6.24. The van der Waals surface area contributed by atoms with Crippen LogP contribution in [0, 0.1) is 11.8 Å².